The van der Waals surface area contributed by atoms with E-state index in [4.69, 9.17) is 4.42 Å². The molecule has 96 valence electrons. The minimum absolute atomic E-state index is 0.689. The molecule has 3 rings (SSSR count). The Balaban J connectivity index is 1.66. The molecule has 19 heavy (non-hydrogen) atoms. The van der Waals surface area contributed by atoms with Gasteiger partial charge in [-0.15, -0.1) is 0 Å². The molecular formula is C15H15N3O. The van der Waals surface area contributed by atoms with Crippen LogP contribution in [-0.2, 0) is 6.54 Å². The fourth-order valence-corrected chi connectivity index (χ4v) is 1.92. The number of furan rings is 1. The van der Waals surface area contributed by atoms with Gasteiger partial charge < -0.3 is 9.73 Å². The van der Waals surface area contributed by atoms with Gasteiger partial charge in [0.2, 0.25) is 0 Å². The van der Waals surface area contributed by atoms with Gasteiger partial charge in [0.15, 0.2) is 0 Å². The van der Waals surface area contributed by atoms with Crippen molar-refractivity contribution in [3.05, 3.63) is 66.4 Å². The zero-order valence-corrected chi connectivity index (χ0v) is 10.7. The van der Waals surface area contributed by atoms with E-state index in [1.165, 1.54) is 0 Å². The van der Waals surface area contributed by atoms with E-state index >= 15 is 0 Å². The molecule has 0 aliphatic heterocycles. The van der Waals surface area contributed by atoms with Crippen LogP contribution in [0.15, 0.2) is 59.3 Å². The van der Waals surface area contributed by atoms with Crippen molar-refractivity contribution in [2.45, 2.75) is 13.5 Å². The van der Waals surface area contributed by atoms with Crippen LogP contribution in [0.25, 0.3) is 5.69 Å². The maximum atomic E-state index is 5.51. The number of nitrogens with zero attached hydrogens (tertiary/aromatic N) is 2. The average Bonchev–Trinajstić information content (AvgIpc) is 3.08. The Morgan fingerprint density at radius 3 is 2.63 bits per heavy atom. The minimum atomic E-state index is 0.689. The second kappa shape index (κ2) is 5.02. The molecule has 4 heteroatoms. The lowest BCUT2D eigenvalue weighted by atomic mass is 10.3. The lowest BCUT2D eigenvalue weighted by molar-refractivity contribution is 0.490. The SMILES string of the molecule is Cc1ccc(CNc2ccc(-n3cccn3)cc2)o1. The van der Waals surface area contributed by atoms with Crippen LogP contribution >= 0.6 is 0 Å². The monoisotopic (exact) mass is 253 g/mol. The molecule has 2 heterocycles. The summed E-state index contributed by atoms with van der Waals surface area (Å²) in [7, 11) is 0. The van der Waals surface area contributed by atoms with Gasteiger partial charge in [0.05, 0.1) is 12.2 Å². The second-order valence-electron chi connectivity index (χ2n) is 4.36. The van der Waals surface area contributed by atoms with Crippen molar-refractivity contribution in [3.63, 3.8) is 0 Å². The van der Waals surface area contributed by atoms with Crippen molar-refractivity contribution in [1.29, 1.82) is 0 Å². The summed E-state index contributed by atoms with van der Waals surface area (Å²) in [6, 6.07) is 14.0. The highest BCUT2D eigenvalue weighted by molar-refractivity contribution is 5.48. The van der Waals surface area contributed by atoms with Crippen LogP contribution in [0, 0.1) is 6.92 Å². The number of aromatic nitrogens is 2. The normalized spacial score (nSPS) is 10.6. The third-order valence-electron chi connectivity index (χ3n) is 2.90. The molecule has 4 nitrogen and oxygen atoms in total. The first kappa shape index (κ1) is 11.6. The Morgan fingerprint density at radius 1 is 1.16 bits per heavy atom. The fraction of sp³-hybridized carbons (Fsp3) is 0.133. The predicted molar refractivity (Wildman–Crippen MR) is 74.3 cm³/mol. The molecule has 1 N–H and O–H groups in total. The van der Waals surface area contributed by atoms with Gasteiger partial charge in [0.25, 0.3) is 0 Å². The van der Waals surface area contributed by atoms with Crippen LogP contribution in [0.4, 0.5) is 5.69 Å². The van der Waals surface area contributed by atoms with E-state index in [9.17, 15) is 0 Å². The molecule has 0 saturated heterocycles. The predicted octanol–water partition coefficient (Wildman–Crippen LogP) is 3.39. The van der Waals surface area contributed by atoms with Crippen molar-refractivity contribution in [2.24, 2.45) is 0 Å². The molecular weight excluding hydrogens is 238 g/mol. The summed E-state index contributed by atoms with van der Waals surface area (Å²) in [4.78, 5) is 0. The summed E-state index contributed by atoms with van der Waals surface area (Å²) >= 11 is 0. The highest BCUT2D eigenvalue weighted by Gasteiger charge is 2.00. The molecule has 0 aliphatic rings. The minimum Gasteiger partial charge on any atom is -0.465 e. The lowest BCUT2D eigenvalue weighted by Crippen LogP contribution is -1.99. The van der Waals surface area contributed by atoms with Crippen LogP contribution in [0.5, 0.6) is 0 Å². The third-order valence-corrected chi connectivity index (χ3v) is 2.90. The Bertz CT molecular complexity index is 638. The summed E-state index contributed by atoms with van der Waals surface area (Å²) in [5, 5.41) is 7.52. The van der Waals surface area contributed by atoms with Gasteiger partial charge >= 0.3 is 0 Å². The van der Waals surface area contributed by atoms with E-state index in [0.717, 1.165) is 22.9 Å². The summed E-state index contributed by atoms with van der Waals surface area (Å²) in [5.74, 6) is 1.87. The molecule has 0 saturated carbocycles. The summed E-state index contributed by atoms with van der Waals surface area (Å²) < 4.78 is 7.34. The van der Waals surface area contributed by atoms with Crippen molar-refractivity contribution in [3.8, 4) is 5.69 Å². The number of aryl methyl sites for hydroxylation is 1. The number of hydrogen-bond donors (Lipinski definition) is 1. The van der Waals surface area contributed by atoms with E-state index in [1.807, 2.05) is 60.3 Å². The number of rotatable bonds is 4. The Hall–Kier alpha value is -2.49. The average molecular weight is 253 g/mol. The molecule has 1 aromatic carbocycles. The van der Waals surface area contributed by atoms with E-state index in [0.29, 0.717) is 6.54 Å². The fourth-order valence-electron chi connectivity index (χ4n) is 1.92. The first-order valence-electron chi connectivity index (χ1n) is 6.20. The molecule has 0 bridgehead atoms. The van der Waals surface area contributed by atoms with E-state index < -0.39 is 0 Å². The van der Waals surface area contributed by atoms with Gasteiger partial charge in [0.1, 0.15) is 11.5 Å². The van der Waals surface area contributed by atoms with Crippen LogP contribution in [0.2, 0.25) is 0 Å². The Labute approximate surface area is 111 Å². The molecule has 0 amide bonds. The molecule has 3 aromatic rings. The van der Waals surface area contributed by atoms with Crippen LogP contribution < -0.4 is 5.32 Å². The van der Waals surface area contributed by atoms with E-state index in [-0.39, 0.29) is 0 Å². The van der Waals surface area contributed by atoms with Crippen molar-refractivity contribution < 1.29 is 4.42 Å². The van der Waals surface area contributed by atoms with Gasteiger partial charge in [-0.3, -0.25) is 0 Å². The maximum Gasteiger partial charge on any atom is 0.123 e. The summed E-state index contributed by atoms with van der Waals surface area (Å²) in [5.41, 5.74) is 2.11. The van der Waals surface area contributed by atoms with Crippen molar-refractivity contribution >= 4 is 5.69 Å². The Kier molecular flexibility index (Phi) is 3.06. The quantitative estimate of drug-likeness (QED) is 0.775. The highest BCUT2D eigenvalue weighted by Crippen LogP contribution is 2.14. The number of anilines is 1. The first-order valence-corrected chi connectivity index (χ1v) is 6.20. The molecule has 0 spiro atoms. The zero-order valence-electron chi connectivity index (χ0n) is 10.7. The maximum absolute atomic E-state index is 5.51. The third kappa shape index (κ3) is 2.68. The van der Waals surface area contributed by atoms with Crippen LogP contribution in [0.1, 0.15) is 11.5 Å². The number of benzene rings is 1. The summed E-state index contributed by atoms with van der Waals surface area (Å²) in [6.45, 7) is 2.64. The molecule has 0 fully saturated rings. The second-order valence-corrected chi connectivity index (χ2v) is 4.36. The van der Waals surface area contributed by atoms with E-state index in [2.05, 4.69) is 10.4 Å². The van der Waals surface area contributed by atoms with Gasteiger partial charge in [-0.05, 0) is 49.4 Å². The van der Waals surface area contributed by atoms with Gasteiger partial charge in [-0.1, -0.05) is 0 Å². The largest absolute Gasteiger partial charge is 0.465 e. The number of hydrogen-bond acceptors (Lipinski definition) is 3. The van der Waals surface area contributed by atoms with Gasteiger partial charge in [-0.25, -0.2) is 4.68 Å². The molecule has 0 aliphatic carbocycles. The first-order chi connectivity index (χ1) is 9.31. The van der Waals surface area contributed by atoms with Gasteiger partial charge in [0, 0.05) is 18.1 Å². The molecule has 0 unspecified atom stereocenters. The Morgan fingerprint density at radius 2 is 2.00 bits per heavy atom. The van der Waals surface area contributed by atoms with Crippen LogP contribution in [-0.4, -0.2) is 9.78 Å². The van der Waals surface area contributed by atoms with Crippen LogP contribution in [0.3, 0.4) is 0 Å². The summed E-state index contributed by atoms with van der Waals surface area (Å²) in [6.07, 6.45) is 3.69. The highest BCUT2D eigenvalue weighted by atomic mass is 16.3. The van der Waals surface area contributed by atoms with Crippen molar-refractivity contribution in [1.82, 2.24) is 9.78 Å². The standard InChI is InChI=1S/C15H15N3O/c1-12-3-8-15(19-12)11-16-13-4-6-14(7-5-13)18-10-2-9-17-18/h2-10,16H,11H2,1H3. The molecule has 0 atom stereocenters. The van der Waals surface area contributed by atoms with E-state index in [1.54, 1.807) is 6.20 Å². The zero-order chi connectivity index (χ0) is 13.1. The topological polar surface area (TPSA) is 43.0 Å². The lowest BCUT2D eigenvalue weighted by Gasteiger charge is -2.06. The van der Waals surface area contributed by atoms with Crippen molar-refractivity contribution in [2.75, 3.05) is 5.32 Å². The smallest absolute Gasteiger partial charge is 0.123 e. The molecule has 0 radical (unpaired) electrons. The number of nitrogens with one attached hydrogen (secondary N) is 1. The van der Waals surface area contributed by atoms with Gasteiger partial charge in [-0.2, -0.15) is 5.10 Å². The molecule has 2 aromatic heterocycles.